The molecule has 0 saturated heterocycles. The van der Waals surface area contributed by atoms with Crippen molar-refractivity contribution in [2.75, 3.05) is 13.7 Å². The van der Waals surface area contributed by atoms with Gasteiger partial charge in [0.1, 0.15) is 11.5 Å². The molecular formula is C19H20Cl2N2O3S. The molecule has 8 heteroatoms. The molecule has 0 aliphatic heterocycles. The number of amides is 1. The van der Waals surface area contributed by atoms with Gasteiger partial charge in [-0.1, -0.05) is 35.3 Å². The van der Waals surface area contributed by atoms with Crippen LogP contribution < -0.4 is 20.1 Å². The van der Waals surface area contributed by atoms with Gasteiger partial charge in [0.15, 0.2) is 5.11 Å². The van der Waals surface area contributed by atoms with Gasteiger partial charge in [-0.15, -0.1) is 0 Å². The van der Waals surface area contributed by atoms with Gasteiger partial charge in [-0.05, 0) is 54.5 Å². The van der Waals surface area contributed by atoms with E-state index >= 15 is 0 Å². The van der Waals surface area contributed by atoms with Crippen LogP contribution in [0.2, 0.25) is 10.0 Å². The van der Waals surface area contributed by atoms with Crippen molar-refractivity contribution in [1.29, 1.82) is 0 Å². The van der Waals surface area contributed by atoms with Gasteiger partial charge >= 0.3 is 0 Å². The minimum Gasteiger partial charge on any atom is -0.497 e. The monoisotopic (exact) mass is 426 g/mol. The molecule has 5 nitrogen and oxygen atoms in total. The zero-order valence-electron chi connectivity index (χ0n) is 14.8. The summed E-state index contributed by atoms with van der Waals surface area (Å²) < 4.78 is 10.6. The highest BCUT2D eigenvalue weighted by atomic mass is 35.5. The molecule has 27 heavy (non-hydrogen) atoms. The molecule has 0 aliphatic carbocycles. The van der Waals surface area contributed by atoms with Gasteiger partial charge in [0, 0.05) is 18.0 Å². The predicted molar refractivity (Wildman–Crippen MR) is 112 cm³/mol. The Bertz CT molecular complexity index is 785. The maximum atomic E-state index is 11.9. The lowest BCUT2D eigenvalue weighted by atomic mass is 10.2. The van der Waals surface area contributed by atoms with Crippen molar-refractivity contribution in [1.82, 2.24) is 10.6 Å². The summed E-state index contributed by atoms with van der Waals surface area (Å²) in [5.74, 6) is 1.16. The summed E-state index contributed by atoms with van der Waals surface area (Å²) in [7, 11) is 1.62. The fraction of sp³-hybridized carbons (Fsp3) is 0.263. The summed E-state index contributed by atoms with van der Waals surface area (Å²) >= 11 is 17.0. The lowest BCUT2D eigenvalue weighted by Gasteiger charge is -2.11. The number of carbonyl (C=O) groups excluding carboxylic acids is 1. The number of rotatable bonds is 8. The maximum Gasteiger partial charge on any atom is 0.226 e. The minimum atomic E-state index is -0.173. The van der Waals surface area contributed by atoms with Crippen LogP contribution in [-0.2, 0) is 11.3 Å². The number of carbonyl (C=O) groups is 1. The average Bonchev–Trinajstić information content (AvgIpc) is 2.65. The van der Waals surface area contributed by atoms with Gasteiger partial charge in [-0.2, -0.15) is 0 Å². The molecule has 1 amide bonds. The molecule has 0 unspecified atom stereocenters. The molecule has 0 heterocycles. The van der Waals surface area contributed by atoms with Crippen LogP contribution in [0, 0.1) is 0 Å². The molecule has 0 saturated carbocycles. The molecule has 0 aromatic heterocycles. The number of methoxy groups -OCH3 is 1. The summed E-state index contributed by atoms with van der Waals surface area (Å²) in [5.41, 5.74) is 1.03. The quantitative estimate of drug-likeness (QED) is 0.485. The largest absolute Gasteiger partial charge is 0.497 e. The molecule has 2 aromatic rings. The van der Waals surface area contributed by atoms with Crippen molar-refractivity contribution in [3.63, 3.8) is 0 Å². The molecule has 0 aliphatic rings. The van der Waals surface area contributed by atoms with Crippen LogP contribution in [-0.4, -0.2) is 24.7 Å². The molecular weight excluding hydrogens is 407 g/mol. The molecule has 144 valence electrons. The number of ether oxygens (including phenoxy) is 2. The fourth-order valence-electron chi connectivity index (χ4n) is 2.17. The topological polar surface area (TPSA) is 59.6 Å². The SMILES string of the molecule is COc1ccc(CNC(=S)NC(=O)CCCOc2ccc(Cl)cc2Cl)cc1. The Morgan fingerprint density at radius 1 is 1.15 bits per heavy atom. The van der Waals surface area contributed by atoms with Crippen molar-refractivity contribution in [2.45, 2.75) is 19.4 Å². The van der Waals surface area contributed by atoms with Gasteiger partial charge in [0.05, 0.1) is 18.7 Å². The second-order valence-electron chi connectivity index (χ2n) is 5.61. The lowest BCUT2D eigenvalue weighted by Crippen LogP contribution is -2.38. The Morgan fingerprint density at radius 3 is 2.56 bits per heavy atom. The van der Waals surface area contributed by atoms with Crippen LogP contribution in [0.1, 0.15) is 18.4 Å². The van der Waals surface area contributed by atoms with E-state index in [1.54, 1.807) is 25.3 Å². The van der Waals surface area contributed by atoms with E-state index in [-0.39, 0.29) is 17.4 Å². The first-order valence-electron chi connectivity index (χ1n) is 8.26. The van der Waals surface area contributed by atoms with Crippen LogP contribution in [0.15, 0.2) is 42.5 Å². The fourth-order valence-corrected chi connectivity index (χ4v) is 2.82. The third-order valence-corrected chi connectivity index (χ3v) is 4.34. The summed E-state index contributed by atoms with van der Waals surface area (Å²) in [5, 5.41) is 6.92. The summed E-state index contributed by atoms with van der Waals surface area (Å²) in [6.45, 7) is 0.877. The standard InChI is InChI=1S/C19H20Cl2N2O3S/c1-25-15-7-4-13(5-8-15)12-22-19(27)23-18(24)3-2-10-26-17-9-6-14(20)11-16(17)21/h4-9,11H,2-3,10,12H2,1H3,(H2,22,23,24,27). The smallest absolute Gasteiger partial charge is 0.226 e. The Hall–Kier alpha value is -2.02. The molecule has 2 aromatic carbocycles. The van der Waals surface area contributed by atoms with E-state index in [0.29, 0.717) is 35.4 Å². The van der Waals surface area contributed by atoms with Gasteiger partial charge in [-0.25, -0.2) is 0 Å². The summed E-state index contributed by atoms with van der Waals surface area (Å²) in [6, 6.07) is 12.6. The van der Waals surface area contributed by atoms with E-state index in [9.17, 15) is 4.79 Å². The number of benzene rings is 2. The maximum absolute atomic E-state index is 11.9. The van der Waals surface area contributed by atoms with Crippen LogP contribution in [0.3, 0.4) is 0 Å². The predicted octanol–water partition coefficient (Wildman–Crippen LogP) is 4.35. The second-order valence-corrected chi connectivity index (χ2v) is 6.86. The van der Waals surface area contributed by atoms with Crippen molar-refractivity contribution in [2.24, 2.45) is 0 Å². The molecule has 2 N–H and O–H groups in total. The van der Waals surface area contributed by atoms with Crippen molar-refractivity contribution in [3.05, 3.63) is 58.1 Å². The van der Waals surface area contributed by atoms with E-state index < -0.39 is 0 Å². The average molecular weight is 427 g/mol. The molecule has 0 bridgehead atoms. The minimum absolute atomic E-state index is 0.173. The zero-order valence-corrected chi connectivity index (χ0v) is 17.1. The Balaban J connectivity index is 1.63. The molecule has 0 fully saturated rings. The number of thiocarbonyl (C=S) groups is 1. The van der Waals surface area contributed by atoms with E-state index in [4.69, 9.17) is 44.9 Å². The van der Waals surface area contributed by atoms with E-state index in [1.165, 1.54) is 0 Å². The summed E-state index contributed by atoms with van der Waals surface area (Å²) in [4.78, 5) is 11.9. The molecule has 0 spiro atoms. The Kier molecular flexibility index (Phi) is 8.64. The first-order valence-corrected chi connectivity index (χ1v) is 9.43. The number of halogens is 2. The second kappa shape index (κ2) is 11.0. The molecule has 0 radical (unpaired) electrons. The lowest BCUT2D eigenvalue weighted by molar-refractivity contribution is -0.119. The van der Waals surface area contributed by atoms with Crippen LogP contribution in [0.5, 0.6) is 11.5 Å². The van der Waals surface area contributed by atoms with E-state index in [1.807, 2.05) is 24.3 Å². The first-order chi connectivity index (χ1) is 13.0. The number of hydrogen-bond acceptors (Lipinski definition) is 4. The zero-order chi connectivity index (χ0) is 19.6. The van der Waals surface area contributed by atoms with E-state index in [0.717, 1.165) is 11.3 Å². The molecule has 2 rings (SSSR count). The highest BCUT2D eigenvalue weighted by Crippen LogP contribution is 2.27. The Labute approximate surface area is 173 Å². The highest BCUT2D eigenvalue weighted by Gasteiger charge is 2.06. The van der Waals surface area contributed by atoms with Gasteiger partial charge in [-0.3, -0.25) is 4.79 Å². The highest BCUT2D eigenvalue weighted by molar-refractivity contribution is 7.80. The molecule has 0 atom stereocenters. The van der Waals surface area contributed by atoms with Gasteiger partial charge < -0.3 is 20.1 Å². The normalized spacial score (nSPS) is 10.2. The van der Waals surface area contributed by atoms with Crippen molar-refractivity contribution < 1.29 is 14.3 Å². The van der Waals surface area contributed by atoms with E-state index in [2.05, 4.69) is 10.6 Å². The Morgan fingerprint density at radius 2 is 1.89 bits per heavy atom. The van der Waals surface area contributed by atoms with Crippen LogP contribution in [0.25, 0.3) is 0 Å². The number of nitrogens with one attached hydrogen (secondary N) is 2. The first kappa shape index (κ1) is 21.3. The van der Waals surface area contributed by atoms with Crippen LogP contribution >= 0.6 is 35.4 Å². The third kappa shape index (κ3) is 7.62. The van der Waals surface area contributed by atoms with Crippen molar-refractivity contribution in [3.8, 4) is 11.5 Å². The van der Waals surface area contributed by atoms with Crippen LogP contribution in [0.4, 0.5) is 0 Å². The van der Waals surface area contributed by atoms with Gasteiger partial charge in [0.2, 0.25) is 5.91 Å². The van der Waals surface area contributed by atoms with Crippen molar-refractivity contribution >= 4 is 46.4 Å². The summed E-state index contributed by atoms with van der Waals surface area (Å²) in [6.07, 6.45) is 0.821. The van der Waals surface area contributed by atoms with Gasteiger partial charge in [0.25, 0.3) is 0 Å². The third-order valence-electron chi connectivity index (χ3n) is 3.56. The number of hydrogen-bond donors (Lipinski definition) is 2.